The minimum atomic E-state index is -0.288. The highest BCUT2D eigenvalue weighted by molar-refractivity contribution is 7.10. The molecule has 0 spiro atoms. The van der Waals surface area contributed by atoms with Crippen molar-refractivity contribution in [1.82, 2.24) is 9.88 Å². The SMILES string of the molecule is O=C(CCc1ncc(-c2ccc(F)cc2)o1)N1CCc2sccc2C1. The van der Waals surface area contributed by atoms with E-state index in [1.54, 1.807) is 29.7 Å². The van der Waals surface area contributed by atoms with Crippen LogP contribution in [0.25, 0.3) is 11.3 Å². The molecular weight excluding hydrogens is 339 g/mol. The summed E-state index contributed by atoms with van der Waals surface area (Å²) >= 11 is 1.76. The maximum Gasteiger partial charge on any atom is 0.223 e. The topological polar surface area (TPSA) is 46.3 Å². The lowest BCUT2D eigenvalue weighted by molar-refractivity contribution is -0.132. The summed E-state index contributed by atoms with van der Waals surface area (Å²) in [6.45, 7) is 1.48. The number of halogens is 1. The highest BCUT2D eigenvalue weighted by Crippen LogP contribution is 2.25. The normalized spacial score (nSPS) is 13.7. The summed E-state index contributed by atoms with van der Waals surface area (Å²) in [5, 5.41) is 2.09. The molecule has 1 aromatic carbocycles. The molecule has 0 bridgehead atoms. The summed E-state index contributed by atoms with van der Waals surface area (Å²) in [6.07, 6.45) is 3.40. The van der Waals surface area contributed by atoms with Crippen LogP contribution in [0.5, 0.6) is 0 Å². The molecule has 4 rings (SSSR count). The van der Waals surface area contributed by atoms with Gasteiger partial charge >= 0.3 is 0 Å². The van der Waals surface area contributed by atoms with Gasteiger partial charge in [0.2, 0.25) is 5.91 Å². The van der Waals surface area contributed by atoms with Crippen LogP contribution in [0.2, 0.25) is 0 Å². The summed E-state index contributed by atoms with van der Waals surface area (Å²) in [5.41, 5.74) is 2.03. The first-order valence-electron chi connectivity index (χ1n) is 8.23. The molecule has 1 amide bonds. The van der Waals surface area contributed by atoms with Gasteiger partial charge in [0.25, 0.3) is 0 Å². The smallest absolute Gasteiger partial charge is 0.223 e. The molecule has 0 saturated carbocycles. The number of aromatic nitrogens is 1. The van der Waals surface area contributed by atoms with E-state index in [4.69, 9.17) is 4.42 Å². The van der Waals surface area contributed by atoms with Crippen LogP contribution in [-0.2, 0) is 24.2 Å². The number of fused-ring (bicyclic) bond motifs is 1. The van der Waals surface area contributed by atoms with Crippen molar-refractivity contribution in [2.24, 2.45) is 0 Å². The molecule has 3 aromatic rings. The average molecular weight is 356 g/mol. The molecule has 6 heteroatoms. The third-order valence-corrected chi connectivity index (χ3v) is 5.42. The van der Waals surface area contributed by atoms with Crippen LogP contribution in [-0.4, -0.2) is 22.3 Å². The fourth-order valence-corrected chi connectivity index (χ4v) is 3.90. The van der Waals surface area contributed by atoms with Crippen molar-refractivity contribution in [1.29, 1.82) is 0 Å². The predicted octanol–water partition coefficient (Wildman–Crippen LogP) is 4.06. The summed E-state index contributed by atoms with van der Waals surface area (Å²) < 4.78 is 18.7. The molecule has 25 heavy (non-hydrogen) atoms. The number of nitrogens with zero attached hydrogens (tertiary/aromatic N) is 2. The lowest BCUT2D eigenvalue weighted by Gasteiger charge is -2.26. The Hall–Kier alpha value is -2.47. The molecule has 1 aliphatic heterocycles. The van der Waals surface area contributed by atoms with Crippen LogP contribution in [0.4, 0.5) is 4.39 Å². The number of thiophene rings is 1. The van der Waals surface area contributed by atoms with E-state index in [0.717, 1.165) is 18.5 Å². The number of benzene rings is 1. The van der Waals surface area contributed by atoms with Crippen molar-refractivity contribution in [3.05, 3.63) is 64.1 Å². The largest absolute Gasteiger partial charge is 0.441 e. The van der Waals surface area contributed by atoms with Gasteiger partial charge in [-0.25, -0.2) is 9.37 Å². The van der Waals surface area contributed by atoms with E-state index < -0.39 is 0 Å². The van der Waals surface area contributed by atoms with Gasteiger partial charge in [-0.3, -0.25) is 4.79 Å². The lowest BCUT2D eigenvalue weighted by Crippen LogP contribution is -2.35. The monoisotopic (exact) mass is 356 g/mol. The van der Waals surface area contributed by atoms with Crippen LogP contribution < -0.4 is 0 Å². The van der Waals surface area contributed by atoms with E-state index in [-0.39, 0.29) is 11.7 Å². The molecule has 4 nitrogen and oxygen atoms in total. The second-order valence-electron chi connectivity index (χ2n) is 6.06. The van der Waals surface area contributed by atoms with Gasteiger partial charge in [0.05, 0.1) is 6.20 Å². The summed E-state index contributed by atoms with van der Waals surface area (Å²) in [7, 11) is 0. The van der Waals surface area contributed by atoms with Crippen LogP contribution >= 0.6 is 11.3 Å². The van der Waals surface area contributed by atoms with Crippen molar-refractivity contribution >= 4 is 17.2 Å². The Morgan fingerprint density at radius 2 is 2.12 bits per heavy atom. The first-order chi connectivity index (χ1) is 12.2. The molecule has 0 fully saturated rings. The van der Waals surface area contributed by atoms with Crippen molar-refractivity contribution in [2.75, 3.05) is 6.54 Å². The molecule has 128 valence electrons. The van der Waals surface area contributed by atoms with E-state index in [2.05, 4.69) is 16.4 Å². The Morgan fingerprint density at radius 1 is 1.28 bits per heavy atom. The standard InChI is InChI=1S/C19H17FN2O2S/c20-15-3-1-13(2-4-15)16-11-21-18(24-16)5-6-19(23)22-9-7-17-14(12-22)8-10-25-17/h1-4,8,10-11H,5-7,9,12H2. The summed E-state index contributed by atoms with van der Waals surface area (Å²) in [6, 6.07) is 8.17. The first-order valence-corrected chi connectivity index (χ1v) is 9.10. The molecule has 0 unspecified atom stereocenters. The van der Waals surface area contributed by atoms with Gasteiger partial charge in [-0.1, -0.05) is 0 Å². The second kappa shape index (κ2) is 6.80. The molecule has 0 aliphatic carbocycles. The van der Waals surface area contributed by atoms with Crippen molar-refractivity contribution in [2.45, 2.75) is 25.8 Å². The van der Waals surface area contributed by atoms with Gasteiger partial charge in [-0.2, -0.15) is 0 Å². The lowest BCUT2D eigenvalue weighted by atomic mass is 10.1. The third kappa shape index (κ3) is 3.49. The fourth-order valence-electron chi connectivity index (χ4n) is 3.01. The molecule has 0 radical (unpaired) electrons. The van der Waals surface area contributed by atoms with Crippen LogP contribution in [0.1, 0.15) is 22.8 Å². The highest BCUT2D eigenvalue weighted by Gasteiger charge is 2.21. The van der Waals surface area contributed by atoms with E-state index in [0.29, 0.717) is 31.0 Å². The zero-order chi connectivity index (χ0) is 17.2. The Labute approximate surface area is 148 Å². The Kier molecular flexibility index (Phi) is 4.36. The maximum absolute atomic E-state index is 13.0. The number of hydrogen-bond acceptors (Lipinski definition) is 4. The number of rotatable bonds is 4. The Morgan fingerprint density at radius 3 is 2.96 bits per heavy atom. The van der Waals surface area contributed by atoms with Gasteiger partial charge in [0.1, 0.15) is 5.82 Å². The highest BCUT2D eigenvalue weighted by atomic mass is 32.1. The van der Waals surface area contributed by atoms with Gasteiger partial charge < -0.3 is 9.32 Å². The molecule has 0 saturated heterocycles. The van der Waals surface area contributed by atoms with Gasteiger partial charge in [-0.05, 0) is 47.7 Å². The van der Waals surface area contributed by atoms with Crippen molar-refractivity contribution in [3.8, 4) is 11.3 Å². The number of hydrogen-bond donors (Lipinski definition) is 0. The quantitative estimate of drug-likeness (QED) is 0.708. The van der Waals surface area contributed by atoms with Crippen molar-refractivity contribution < 1.29 is 13.6 Å². The van der Waals surface area contributed by atoms with Gasteiger partial charge in [0, 0.05) is 36.4 Å². The maximum atomic E-state index is 13.0. The zero-order valence-electron chi connectivity index (χ0n) is 13.6. The summed E-state index contributed by atoms with van der Waals surface area (Å²) in [5.74, 6) is 0.951. The molecule has 3 heterocycles. The summed E-state index contributed by atoms with van der Waals surface area (Å²) in [4.78, 5) is 20.0. The van der Waals surface area contributed by atoms with Gasteiger partial charge in [-0.15, -0.1) is 11.3 Å². The Bertz CT molecular complexity index is 885. The van der Waals surface area contributed by atoms with Crippen LogP contribution in [0, 0.1) is 5.82 Å². The van der Waals surface area contributed by atoms with E-state index >= 15 is 0 Å². The minimum Gasteiger partial charge on any atom is -0.441 e. The number of carbonyl (C=O) groups excluding carboxylic acids is 1. The molecule has 0 N–H and O–H groups in total. The van der Waals surface area contributed by atoms with Crippen LogP contribution in [0.15, 0.2) is 46.3 Å². The van der Waals surface area contributed by atoms with Crippen molar-refractivity contribution in [3.63, 3.8) is 0 Å². The second-order valence-corrected chi connectivity index (χ2v) is 7.06. The zero-order valence-corrected chi connectivity index (χ0v) is 14.4. The number of aryl methyl sites for hydroxylation is 1. The number of carbonyl (C=O) groups is 1. The average Bonchev–Trinajstić information content (AvgIpc) is 3.29. The third-order valence-electron chi connectivity index (χ3n) is 4.40. The molecule has 0 atom stereocenters. The van der Waals surface area contributed by atoms with Crippen LogP contribution in [0.3, 0.4) is 0 Å². The molecule has 1 aliphatic rings. The minimum absolute atomic E-state index is 0.124. The predicted molar refractivity (Wildman–Crippen MR) is 93.7 cm³/mol. The van der Waals surface area contributed by atoms with E-state index in [1.807, 2.05) is 4.90 Å². The first kappa shape index (κ1) is 16.0. The molecule has 2 aromatic heterocycles. The molecular formula is C19H17FN2O2S. The Balaban J connectivity index is 1.36. The number of oxazole rings is 1. The van der Waals surface area contributed by atoms with E-state index in [1.165, 1.54) is 22.6 Å². The van der Waals surface area contributed by atoms with Gasteiger partial charge in [0.15, 0.2) is 11.7 Å². The number of amides is 1. The fraction of sp³-hybridized carbons (Fsp3) is 0.263. The van der Waals surface area contributed by atoms with E-state index in [9.17, 15) is 9.18 Å².